The van der Waals surface area contributed by atoms with Gasteiger partial charge in [0.05, 0.1) is 0 Å². The number of hydrogen-bond donors (Lipinski definition) is 1. The van der Waals surface area contributed by atoms with Gasteiger partial charge in [-0.15, -0.1) is 0 Å². The van der Waals surface area contributed by atoms with Crippen molar-refractivity contribution in [3.63, 3.8) is 0 Å². The fourth-order valence-electron chi connectivity index (χ4n) is 0.767. The van der Waals surface area contributed by atoms with Gasteiger partial charge in [0.2, 0.25) is 0 Å². The Morgan fingerprint density at radius 2 is 2.11 bits per heavy atom. The van der Waals surface area contributed by atoms with Crippen LogP contribution in [0.1, 0.15) is 20.3 Å². The lowest BCUT2D eigenvalue weighted by molar-refractivity contribution is -0.390. The van der Waals surface area contributed by atoms with Crippen molar-refractivity contribution in [2.75, 3.05) is 0 Å². The predicted molar refractivity (Wildman–Crippen MR) is 39.2 cm³/mol. The van der Waals surface area contributed by atoms with Gasteiger partial charge in [0.15, 0.2) is 11.9 Å². The summed E-state index contributed by atoms with van der Waals surface area (Å²) < 4.78 is 0. The monoisotopic (exact) mass is 122 g/mol. The summed E-state index contributed by atoms with van der Waals surface area (Å²) in [7, 11) is 0. The van der Waals surface area contributed by atoms with E-state index in [2.05, 4.69) is 31.0 Å². The second kappa shape index (κ2) is 2.62. The van der Waals surface area contributed by atoms with Gasteiger partial charge < -0.3 is 0 Å². The lowest BCUT2D eigenvalue weighted by Gasteiger charge is -1.77. The average Bonchev–Trinajstić information content (AvgIpc) is 1.97. The molecular weight excluding hydrogens is 110 g/mol. The average molecular weight is 122 g/mol. The van der Waals surface area contributed by atoms with Crippen molar-refractivity contribution >= 4 is 6.21 Å². The predicted octanol–water partition coefficient (Wildman–Crippen LogP) is 0.392. The normalized spacial score (nSPS) is 18.4. The third-order valence-corrected chi connectivity index (χ3v) is 1.39. The van der Waals surface area contributed by atoms with Crippen molar-refractivity contribution < 1.29 is 4.99 Å². The van der Waals surface area contributed by atoms with E-state index in [1.165, 1.54) is 11.3 Å². The zero-order valence-corrected chi connectivity index (χ0v) is 5.94. The molecule has 1 rings (SSSR count). The van der Waals surface area contributed by atoms with Crippen LogP contribution < -0.4 is 4.99 Å². The van der Waals surface area contributed by atoms with Gasteiger partial charge in [-0.05, 0) is 19.4 Å². The van der Waals surface area contributed by atoms with Crippen molar-refractivity contribution in [3.05, 3.63) is 23.4 Å². The van der Waals surface area contributed by atoms with Gasteiger partial charge in [0.25, 0.3) is 0 Å². The molecule has 0 fully saturated rings. The molecule has 0 saturated carbocycles. The third kappa shape index (κ3) is 1.84. The van der Waals surface area contributed by atoms with Crippen molar-refractivity contribution in [1.82, 2.24) is 0 Å². The quantitative estimate of drug-likeness (QED) is 0.478. The van der Waals surface area contributed by atoms with Crippen LogP contribution in [-0.2, 0) is 0 Å². The molecule has 0 amide bonds. The lowest BCUT2D eigenvalue weighted by atomic mass is 10.2. The van der Waals surface area contributed by atoms with Crippen LogP contribution in [0.4, 0.5) is 0 Å². The fraction of sp³-hybridized carbons (Fsp3) is 0.375. The standard InChI is InChI=1S/C8H11N/c1-7-4-3-5-8(2)9-6-7/h4-6H,3H2,1-2H3/p+1. The molecule has 1 aliphatic rings. The van der Waals surface area contributed by atoms with Gasteiger partial charge in [-0.25, -0.2) is 4.99 Å². The molecule has 1 N–H and O–H groups in total. The summed E-state index contributed by atoms with van der Waals surface area (Å²) >= 11 is 0. The molecule has 0 aromatic heterocycles. The Bertz CT molecular complexity index is 165. The largest absolute Gasteiger partial charge is 0.215 e. The second-order valence-electron chi connectivity index (χ2n) is 2.36. The maximum absolute atomic E-state index is 3.16. The first-order valence-electron chi connectivity index (χ1n) is 3.22. The molecule has 1 nitrogen and oxygen atoms in total. The van der Waals surface area contributed by atoms with Crippen molar-refractivity contribution in [2.24, 2.45) is 0 Å². The van der Waals surface area contributed by atoms with E-state index in [0.29, 0.717) is 0 Å². The summed E-state index contributed by atoms with van der Waals surface area (Å²) in [5, 5.41) is 0. The number of hydrogen-bond acceptors (Lipinski definition) is 0. The molecule has 1 heterocycles. The molecule has 48 valence electrons. The van der Waals surface area contributed by atoms with Gasteiger partial charge in [0.1, 0.15) is 0 Å². The topological polar surface area (TPSA) is 14.0 Å². The first-order valence-corrected chi connectivity index (χ1v) is 3.22. The molecule has 1 heteroatoms. The Morgan fingerprint density at radius 3 is 2.89 bits per heavy atom. The fourth-order valence-corrected chi connectivity index (χ4v) is 0.767. The van der Waals surface area contributed by atoms with E-state index in [1.807, 2.05) is 6.21 Å². The minimum atomic E-state index is 1.06. The summed E-state index contributed by atoms with van der Waals surface area (Å²) in [6.45, 7) is 4.17. The highest BCUT2D eigenvalue weighted by Crippen LogP contribution is 1.94. The Labute approximate surface area is 55.8 Å². The molecule has 0 aromatic rings. The first kappa shape index (κ1) is 6.27. The molecule has 0 atom stereocenters. The van der Waals surface area contributed by atoms with E-state index in [-0.39, 0.29) is 0 Å². The molecule has 0 saturated heterocycles. The smallest absolute Gasteiger partial charge is 0.172 e. The van der Waals surface area contributed by atoms with Crippen LogP contribution >= 0.6 is 0 Å². The highest BCUT2D eigenvalue weighted by molar-refractivity contribution is 5.73. The minimum absolute atomic E-state index is 1.06. The van der Waals surface area contributed by atoms with Crippen LogP contribution in [0, 0.1) is 0 Å². The van der Waals surface area contributed by atoms with Crippen molar-refractivity contribution in [2.45, 2.75) is 20.3 Å². The van der Waals surface area contributed by atoms with Gasteiger partial charge in [-0.1, -0.05) is 6.08 Å². The Hall–Kier alpha value is -0.850. The molecule has 0 unspecified atom stereocenters. The Kier molecular flexibility index (Phi) is 1.83. The third-order valence-electron chi connectivity index (χ3n) is 1.39. The van der Waals surface area contributed by atoms with Crippen molar-refractivity contribution in [1.29, 1.82) is 0 Å². The van der Waals surface area contributed by atoms with Crippen LogP contribution in [0.3, 0.4) is 0 Å². The maximum atomic E-state index is 3.16. The van der Waals surface area contributed by atoms with E-state index in [0.717, 1.165) is 6.42 Å². The summed E-state index contributed by atoms with van der Waals surface area (Å²) in [4.78, 5) is 3.16. The molecule has 9 heavy (non-hydrogen) atoms. The molecular formula is C8H12N+. The van der Waals surface area contributed by atoms with Crippen LogP contribution in [0.25, 0.3) is 0 Å². The van der Waals surface area contributed by atoms with E-state index in [9.17, 15) is 0 Å². The second-order valence-corrected chi connectivity index (χ2v) is 2.36. The molecule has 0 aromatic carbocycles. The van der Waals surface area contributed by atoms with Crippen LogP contribution in [-0.4, -0.2) is 6.21 Å². The summed E-state index contributed by atoms with van der Waals surface area (Å²) in [5.41, 5.74) is 2.55. The summed E-state index contributed by atoms with van der Waals surface area (Å²) in [6.07, 6.45) is 7.45. The van der Waals surface area contributed by atoms with Crippen LogP contribution in [0.15, 0.2) is 23.4 Å². The summed E-state index contributed by atoms with van der Waals surface area (Å²) in [5.74, 6) is 0. The Balaban J connectivity index is 2.75. The van der Waals surface area contributed by atoms with E-state index >= 15 is 0 Å². The van der Waals surface area contributed by atoms with E-state index in [4.69, 9.17) is 0 Å². The molecule has 0 radical (unpaired) electrons. The molecule has 0 bridgehead atoms. The molecule has 0 spiro atoms. The number of rotatable bonds is 0. The summed E-state index contributed by atoms with van der Waals surface area (Å²) in [6, 6.07) is 0. The van der Waals surface area contributed by atoms with Gasteiger partial charge in [-0.2, -0.15) is 0 Å². The number of nitrogens with one attached hydrogen (secondary N) is 1. The zero-order chi connectivity index (χ0) is 6.69. The van der Waals surface area contributed by atoms with E-state index < -0.39 is 0 Å². The van der Waals surface area contributed by atoms with Gasteiger partial charge >= 0.3 is 0 Å². The highest BCUT2D eigenvalue weighted by Gasteiger charge is 1.94. The zero-order valence-electron chi connectivity index (χ0n) is 5.94. The van der Waals surface area contributed by atoms with Gasteiger partial charge in [0, 0.05) is 12.5 Å². The molecule has 0 aliphatic carbocycles. The van der Waals surface area contributed by atoms with Gasteiger partial charge in [-0.3, -0.25) is 0 Å². The number of allylic oxidation sites excluding steroid dienone is 4. The minimum Gasteiger partial charge on any atom is -0.215 e. The van der Waals surface area contributed by atoms with Crippen LogP contribution in [0.2, 0.25) is 0 Å². The SMILES string of the molecule is CC1=CCC=C(C)[NH+]=C1. The lowest BCUT2D eigenvalue weighted by Crippen LogP contribution is -2.65. The highest BCUT2D eigenvalue weighted by atomic mass is 14.7. The Morgan fingerprint density at radius 1 is 1.33 bits per heavy atom. The van der Waals surface area contributed by atoms with Crippen molar-refractivity contribution in [3.8, 4) is 0 Å². The van der Waals surface area contributed by atoms with Crippen LogP contribution in [0.5, 0.6) is 0 Å². The van der Waals surface area contributed by atoms with E-state index in [1.54, 1.807) is 0 Å². The molecule has 1 aliphatic heterocycles. The first-order chi connectivity index (χ1) is 4.29. The maximum Gasteiger partial charge on any atom is 0.172 e.